The third-order valence-corrected chi connectivity index (χ3v) is 4.68. The van der Waals surface area contributed by atoms with Gasteiger partial charge in [-0.2, -0.15) is 0 Å². The van der Waals surface area contributed by atoms with E-state index in [1.807, 2.05) is 43.9 Å². The second kappa shape index (κ2) is 7.01. The van der Waals surface area contributed by atoms with E-state index in [1.165, 1.54) is 0 Å². The van der Waals surface area contributed by atoms with Gasteiger partial charge in [-0.3, -0.25) is 4.79 Å². The van der Waals surface area contributed by atoms with Gasteiger partial charge >= 0.3 is 0 Å². The van der Waals surface area contributed by atoms with Gasteiger partial charge in [0.05, 0.1) is 5.41 Å². The predicted molar refractivity (Wildman–Crippen MR) is 85.7 cm³/mol. The maximum absolute atomic E-state index is 12.9. The van der Waals surface area contributed by atoms with Crippen LogP contribution in [0.25, 0.3) is 0 Å². The van der Waals surface area contributed by atoms with E-state index >= 15 is 0 Å². The number of hydrogen-bond donors (Lipinski definition) is 1. The number of rotatable bonds is 7. The van der Waals surface area contributed by atoms with Crippen LogP contribution in [0.3, 0.4) is 0 Å². The largest absolute Gasteiger partial charge is 0.454 e. The van der Waals surface area contributed by atoms with Crippen LogP contribution in [0.5, 0.6) is 11.5 Å². The minimum atomic E-state index is -0.452. The second-order valence-corrected chi connectivity index (χ2v) is 5.70. The lowest BCUT2D eigenvalue weighted by Gasteiger charge is -2.34. The molecular weight excluding hydrogens is 280 g/mol. The molecule has 0 radical (unpaired) electrons. The molecule has 5 heteroatoms. The quantitative estimate of drug-likeness (QED) is 0.840. The highest BCUT2D eigenvalue weighted by Gasteiger charge is 2.36. The molecule has 0 atom stereocenters. The van der Waals surface area contributed by atoms with Crippen LogP contribution in [0.2, 0.25) is 0 Å². The highest BCUT2D eigenvalue weighted by molar-refractivity contribution is 5.83. The van der Waals surface area contributed by atoms with Crippen LogP contribution in [0.15, 0.2) is 18.2 Å². The minimum Gasteiger partial charge on any atom is -0.454 e. The molecule has 0 spiro atoms. The van der Waals surface area contributed by atoms with E-state index in [0.29, 0.717) is 19.6 Å². The minimum absolute atomic E-state index is 0.139. The number of carbonyl (C=O) groups excluding carboxylic acids is 1. The Morgan fingerprint density at radius 1 is 1.23 bits per heavy atom. The van der Waals surface area contributed by atoms with Crippen molar-refractivity contribution >= 4 is 5.91 Å². The summed E-state index contributed by atoms with van der Waals surface area (Å²) in [4.78, 5) is 14.8. The zero-order valence-electron chi connectivity index (χ0n) is 13.7. The van der Waals surface area contributed by atoms with Crippen LogP contribution in [0, 0.1) is 5.41 Å². The molecule has 1 aromatic rings. The van der Waals surface area contributed by atoms with Crippen molar-refractivity contribution in [1.29, 1.82) is 0 Å². The van der Waals surface area contributed by atoms with Gasteiger partial charge < -0.3 is 20.1 Å². The van der Waals surface area contributed by atoms with Crippen molar-refractivity contribution in [3.8, 4) is 11.5 Å². The Morgan fingerprint density at radius 3 is 2.50 bits per heavy atom. The Bertz CT molecular complexity index is 518. The topological polar surface area (TPSA) is 64.8 Å². The average molecular weight is 306 g/mol. The van der Waals surface area contributed by atoms with Gasteiger partial charge in [0.1, 0.15) is 0 Å². The summed E-state index contributed by atoms with van der Waals surface area (Å²) in [5.74, 6) is 1.65. The van der Waals surface area contributed by atoms with Crippen LogP contribution >= 0.6 is 0 Å². The number of nitrogens with zero attached hydrogens (tertiary/aromatic N) is 1. The summed E-state index contributed by atoms with van der Waals surface area (Å²) in [6, 6.07) is 5.82. The van der Waals surface area contributed by atoms with E-state index in [1.54, 1.807) is 0 Å². The lowest BCUT2D eigenvalue weighted by Crippen LogP contribution is -2.47. The van der Waals surface area contributed by atoms with Crippen molar-refractivity contribution in [2.75, 3.05) is 19.9 Å². The van der Waals surface area contributed by atoms with Crippen molar-refractivity contribution in [1.82, 2.24) is 4.90 Å². The first-order valence-electron chi connectivity index (χ1n) is 7.98. The summed E-state index contributed by atoms with van der Waals surface area (Å²) in [5.41, 5.74) is 6.49. The van der Waals surface area contributed by atoms with Gasteiger partial charge in [0.2, 0.25) is 12.7 Å². The molecule has 1 heterocycles. The SMILES string of the molecule is CCN(Cc1ccc2c(c1)OCO2)C(=O)C(CC)(CC)CN. The number of amides is 1. The third-order valence-electron chi connectivity index (χ3n) is 4.68. The summed E-state index contributed by atoms with van der Waals surface area (Å²) in [6.07, 6.45) is 1.52. The molecule has 0 aliphatic carbocycles. The van der Waals surface area contributed by atoms with Crippen LogP contribution in [0.4, 0.5) is 0 Å². The lowest BCUT2D eigenvalue weighted by atomic mass is 9.81. The van der Waals surface area contributed by atoms with E-state index in [9.17, 15) is 4.79 Å². The van der Waals surface area contributed by atoms with Gasteiger partial charge in [0.25, 0.3) is 0 Å². The average Bonchev–Trinajstić information content (AvgIpc) is 3.02. The molecule has 1 aliphatic rings. The smallest absolute Gasteiger partial charge is 0.231 e. The fourth-order valence-electron chi connectivity index (χ4n) is 2.85. The third kappa shape index (κ3) is 3.04. The Balaban J connectivity index is 2.16. The first-order valence-corrected chi connectivity index (χ1v) is 7.98. The van der Waals surface area contributed by atoms with Gasteiger partial charge in [-0.05, 0) is 37.5 Å². The lowest BCUT2D eigenvalue weighted by molar-refractivity contribution is -0.142. The molecule has 5 nitrogen and oxygen atoms in total. The summed E-state index contributed by atoms with van der Waals surface area (Å²) >= 11 is 0. The highest BCUT2D eigenvalue weighted by atomic mass is 16.7. The van der Waals surface area contributed by atoms with Crippen LogP contribution in [-0.4, -0.2) is 30.7 Å². The number of nitrogens with two attached hydrogens (primary N) is 1. The molecular formula is C17H26N2O3. The highest BCUT2D eigenvalue weighted by Crippen LogP contribution is 2.33. The van der Waals surface area contributed by atoms with Crippen LogP contribution < -0.4 is 15.2 Å². The molecule has 122 valence electrons. The van der Waals surface area contributed by atoms with E-state index in [-0.39, 0.29) is 12.7 Å². The predicted octanol–water partition coefficient (Wildman–Crippen LogP) is 2.53. The van der Waals surface area contributed by atoms with Crippen LogP contribution in [0.1, 0.15) is 39.2 Å². The van der Waals surface area contributed by atoms with Crippen molar-refractivity contribution in [2.24, 2.45) is 11.1 Å². The summed E-state index contributed by atoms with van der Waals surface area (Å²) in [7, 11) is 0. The number of fused-ring (bicyclic) bond motifs is 1. The first-order chi connectivity index (χ1) is 10.6. The van der Waals surface area contributed by atoms with Crippen LogP contribution in [-0.2, 0) is 11.3 Å². The molecule has 0 unspecified atom stereocenters. The van der Waals surface area contributed by atoms with Crippen molar-refractivity contribution < 1.29 is 14.3 Å². The molecule has 0 aromatic heterocycles. The second-order valence-electron chi connectivity index (χ2n) is 5.70. The molecule has 0 saturated heterocycles. The van der Waals surface area contributed by atoms with Gasteiger partial charge in [-0.1, -0.05) is 19.9 Å². The maximum atomic E-state index is 12.9. The number of ether oxygens (including phenoxy) is 2. The molecule has 1 aliphatic heterocycles. The van der Waals surface area contributed by atoms with Gasteiger partial charge in [0.15, 0.2) is 11.5 Å². The molecule has 2 N–H and O–H groups in total. The number of hydrogen-bond acceptors (Lipinski definition) is 4. The standard InChI is InChI=1S/C17H26N2O3/c1-4-17(5-2,11-18)16(20)19(6-3)10-13-7-8-14-15(9-13)22-12-21-14/h7-9H,4-6,10-12,18H2,1-3H3. The van der Waals surface area contributed by atoms with E-state index in [2.05, 4.69) is 0 Å². The zero-order chi connectivity index (χ0) is 16.2. The monoisotopic (exact) mass is 306 g/mol. The molecule has 1 aromatic carbocycles. The molecule has 0 fully saturated rings. The van der Waals surface area contributed by atoms with Crippen molar-refractivity contribution in [2.45, 2.75) is 40.2 Å². The van der Waals surface area contributed by atoms with Gasteiger partial charge in [-0.15, -0.1) is 0 Å². The van der Waals surface area contributed by atoms with Crippen molar-refractivity contribution in [3.05, 3.63) is 23.8 Å². The molecule has 22 heavy (non-hydrogen) atoms. The summed E-state index contributed by atoms with van der Waals surface area (Å²) in [6.45, 7) is 7.93. The fraction of sp³-hybridized carbons (Fsp3) is 0.588. The van der Waals surface area contributed by atoms with Gasteiger partial charge in [0, 0.05) is 19.6 Å². The number of benzene rings is 1. The Morgan fingerprint density at radius 2 is 1.91 bits per heavy atom. The normalized spacial score (nSPS) is 13.3. The first kappa shape index (κ1) is 16.6. The number of carbonyl (C=O) groups is 1. The molecule has 2 rings (SSSR count). The zero-order valence-corrected chi connectivity index (χ0v) is 13.7. The fourth-order valence-corrected chi connectivity index (χ4v) is 2.85. The van der Waals surface area contributed by atoms with E-state index < -0.39 is 5.41 Å². The Labute approximate surface area is 132 Å². The molecule has 0 saturated carbocycles. The summed E-state index contributed by atoms with van der Waals surface area (Å²) < 4.78 is 10.7. The van der Waals surface area contributed by atoms with Gasteiger partial charge in [-0.25, -0.2) is 0 Å². The summed E-state index contributed by atoms with van der Waals surface area (Å²) in [5, 5.41) is 0. The maximum Gasteiger partial charge on any atom is 0.231 e. The van der Waals surface area contributed by atoms with Crippen molar-refractivity contribution in [3.63, 3.8) is 0 Å². The van der Waals surface area contributed by atoms with E-state index in [0.717, 1.165) is 29.9 Å². The van der Waals surface area contributed by atoms with E-state index in [4.69, 9.17) is 15.2 Å². The Kier molecular flexibility index (Phi) is 5.29. The molecule has 0 bridgehead atoms. The molecule has 1 amide bonds. The Hall–Kier alpha value is -1.75.